The van der Waals surface area contributed by atoms with Gasteiger partial charge in [0.2, 0.25) is 0 Å². The maximum Gasteiger partial charge on any atom is 0.354 e. The van der Waals surface area contributed by atoms with E-state index in [1.807, 2.05) is 68.7 Å². The van der Waals surface area contributed by atoms with E-state index in [4.69, 9.17) is 4.74 Å². The highest BCUT2D eigenvalue weighted by Crippen LogP contribution is 2.17. The van der Waals surface area contributed by atoms with Crippen molar-refractivity contribution >= 4 is 29.3 Å². The van der Waals surface area contributed by atoms with Crippen LogP contribution in [0.2, 0.25) is 0 Å². The van der Waals surface area contributed by atoms with Gasteiger partial charge in [-0.05, 0) is 70.1 Å². The maximum absolute atomic E-state index is 12.7. The van der Waals surface area contributed by atoms with Crippen molar-refractivity contribution < 1.29 is 19.1 Å². The predicted molar refractivity (Wildman–Crippen MR) is 140 cm³/mol. The number of hydrogen-bond acceptors (Lipinski definition) is 7. The fraction of sp³-hybridized carbons (Fsp3) is 0.407. The van der Waals surface area contributed by atoms with Crippen LogP contribution in [0, 0.1) is 0 Å². The second-order valence-electron chi connectivity index (χ2n) is 8.95. The standard InChI is InChI=1S/C27H35N5O4/c1-4-36-26(34)24(11-8-18-31(2)3)30-29-22-15-12-20(13-16-22)14-17-23-25(33)32(27(35)28-23)19-21-9-6-5-7-10-21/h5-7,9-10,12-13,15-16,23,29H,4,8,11,14,17-19H2,1-3H3,(H,28,35)/b30-24-. The first kappa shape index (κ1) is 26.9. The average molecular weight is 494 g/mol. The lowest BCUT2D eigenvalue weighted by Crippen LogP contribution is -2.31. The zero-order valence-electron chi connectivity index (χ0n) is 21.2. The summed E-state index contributed by atoms with van der Waals surface area (Å²) in [5.41, 5.74) is 5.99. The molecular weight excluding hydrogens is 458 g/mol. The molecule has 2 N–H and O–H groups in total. The number of hydrogen-bond donors (Lipinski definition) is 2. The van der Waals surface area contributed by atoms with Crippen LogP contribution in [0.5, 0.6) is 0 Å². The molecule has 1 unspecified atom stereocenters. The van der Waals surface area contributed by atoms with Gasteiger partial charge in [0.25, 0.3) is 5.91 Å². The Labute approximate surface area is 212 Å². The molecule has 192 valence electrons. The number of urea groups is 1. The van der Waals surface area contributed by atoms with Crippen molar-refractivity contribution in [2.24, 2.45) is 5.10 Å². The van der Waals surface area contributed by atoms with Gasteiger partial charge < -0.3 is 15.0 Å². The summed E-state index contributed by atoms with van der Waals surface area (Å²) >= 11 is 0. The van der Waals surface area contributed by atoms with Crippen LogP contribution in [0.1, 0.15) is 37.3 Å². The summed E-state index contributed by atoms with van der Waals surface area (Å²) in [7, 11) is 3.97. The van der Waals surface area contributed by atoms with E-state index >= 15 is 0 Å². The van der Waals surface area contributed by atoms with E-state index in [9.17, 15) is 14.4 Å². The number of amides is 3. The Kier molecular flexibility index (Phi) is 10.00. The molecule has 0 aromatic heterocycles. The van der Waals surface area contributed by atoms with Gasteiger partial charge in [0.05, 0.1) is 18.8 Å². The Balaban J connectivity index is 1.52. The molecule has 0 radical (unpaired) electrons. The minimum absolute atomic E-state index is 0.197. The zero-order valence-corrected chi connectivity index (χ0v) is 21.2. The van der Waals surface area contributed by atoms with E-state index in [1.165, 1.54) is 4.90 Å². The molecule has 36 heavy (non-hydrogen) atoms. The van der Waals surface area contributed by atoms with Crippen molar-refractivity contribution in [2.45, 2.75) is 45.2 Å². The Bertz CT molecular complexity index is 1050. The Morgan fingerprint density at radius 2 is 1.81 bits per heavy atom. The second kappa shape index (κ2) is 13.4. The lowest BCUT2D eigenvalue weighted by Gasteiger charge is -2.13. The van der Waals surface area contributed by atoms with Gasteiger partial charge in [-0.15, -0.1) is 0 Å². The van der Waals surface area contributed by atoms with Gasteiger partial charge in [0, 0.05) is 6.42 Å². The summed E-state index contributed by atoms with van der Waals surface area (Å²) in [5, 5.41) is 7.08. The van der Waals surface area contributed by atoms with E-state index in [2.05, 4.69) is 20.7 Å². The van der Waals surface area contributed by atoms with Crippen LogP contribution in [0.15, 0.2) is 59.7 Å². The number of ether oxygens (including phenoxy) is 1. The quantitative estimate of drug-likeness (QED) is 0.192. The highest BCUT2D eigenvalue weighted by Gasteiger charge is 2.37. The summed E-state index contributed by atoms with van der Waals surface area (Å²) in [4.78, 5) is 40.6. The third kappa shape index (κ3) is 7.91. The SMILES string of the molecule is CCOC(=O)/C(CCCN(C)C)=N\Nc1ccc(CCC2NC(=O)N(Cc3ccccc3)C2=O)cc1. The minimum atomic E-state index is -0.530. The largest absolute Gasteiger partial charge is 0.461 e. The smallest absolute Gasteiger partial charge is 0.354 e. The molecule has 3 rings (SSSR count). The highest BCUT2D eigenvalue weighted by atomic mass is 16.5. The molecule has 1 atom stereocenters. The van der Waals surface area contributed by atoms with E-state index in [0.29, 0.717) is 31.6 Å². The summed E-state index contributed by atoms with van der Waals surface area (Å²) in [6, 6.07) is 16.2. The van der Waals surface area contributed by atoms with Crippen LogP contribution >= 0.6 is 0 Å². The molecule has 1 fully saturated rings. The number of nitrogens with one attached hydrogen (secondary N) is 2. The topological polar surface area (TPSA) is 103 Å². The zero-order chi connectivity index (χ0) is 25.9. The molecule has 9 nitrogen and oxygen atoms in total. The maximum atomic E-state index is 12.7. The highest BCUT2D eigenvalue weighted by molar-refractivity contribution is 6.36. The Hall–Kier alpha value is -3.72. The molecule has 3 amide bonds. The van der Waals surface area contributed by atoms with Gasteiger partial charge in [0.15, 0.2) is 0 Å². The van der Waals surface area contributed by atoms with Crippen LogP contribution in [0.3, 0.4) is 0 Å². The summed E-state index contributed by atoms with van der Waals surface area (Å²) in [5.74, 6) is -0.609. The van der Waals surface area contributed by atoms with Crippen molar-refractivity contribution in [2.75, 3.05) is 32.7 Å². The van der Waals surface area contributed by atoms with Gasteiger partial charge >= 0.3 is 12.0 Å². The average Bonchev–Trinajstić information content (AvgIpc) is 3.13. The van der Waals surface area contributed by atoms with Crippen LogP contribution in [0.4, 0.5) is 10.5 Å². The Morgan fingerprint density at radius 3 is 2.47 bits per heavy atom. The molecule has 0 bridgehead atoms. The molecule has 1 saturated heterocycles. The van der Waals surface area contributed by atoms with Crippen LogP contribution in [-0.2, 0) is 27.3 Å². The number of carbonyl (C=O) groups excluding carboxylic acids is 3. The number of esters is 1. The monoisotopic (exact) mass is 493 g/mol. The molecule has 9 heteroatoms. The number of carbonyl (C=O) groups is 3. The first-order valence-electron chi connectivity index (χ1n) is 12.3. The first-order chi connectivity index (χ1) is 17.4. The van der Waals surface area contributed by atoms with Crippen LogP contribution < -0.4 is 10.7 Å². The molecule has 1 aliphatic heterocycles. The van der Waals surface area contributed by atoms with Gasteiger partial charge in [-0.3, -0.25) is 15.1 Å². The second-order valence-corrected chi connectivity index (χ2v) is 8.95. The van der Waals surface area contributed by atoms with E-state index in [0.717, 1.165) is 29.8 Å². The van der Waals surface area contributed by atoms with Crippen molar-refractivity contribution in [1.82, 2.24) is 15.1 Å². The van der Waals surface area contributed by atoms with Crippen molar-refractivity contribution in [1.29, 1.82) is 0 Å². The predicted octanol–water partition coefficient (Wildman–Crippen LogP) is 3.41. The number of hydrazone groups is 1. The molecule has 0 spiro atoms. The van der Waals surface area contributed by atoms with Crippen molar-refractivity contribution in [3.05, 3.63) is 65.7 Å². The third-order valence-electron chi connectivity index (χ3n) is 5.82. The third-order valence-corrected chi connectivity index (χ3v) is 5.82. The number of rotatable bonds is 13. The number of imide groups is 1. The van der Waals surface area contributed by atoms with E-state index in [1.54, 1.807) is 6.92 Å². The Morgan fingerprint density at radius 1 is 1.08 bits per heavy atom. The van der Waals surface area contributed by atoms with Gasteiger partial charge in [-0.25, -0.2) is 9.59 Å². The fourth-order valence-electron chi connectivity index (χ4n) is 3.86. The van der Waals surface area contributed by atoms with Crippen LogP contribution in [0.25, 0.3) is 0 Å². The summed E-state index contributed by atoms with van der Waals surface area (Å²) < 4.78 is 5.12. The minimum Gasteiger partial charge on any atom is -0.461 e. The number of nitrogens with zero attached hydrogens (tertiary/aromatic N) is 3. The van der Waals surface area contributed by atoms with Gasteiger partial charge in [-0.1, -0.05) is 42.5 Å². The molecule has 2 aromatic carbocycles. The molecule has 0 aliphatic carbocycles. The lowest BCUT2D eigenvalue weighted by atomic mass is 10.0. The molecule has 0 saturated carbocycles. The summed E-state index contributed by atoms with van der Waals surface area (Å²) in [6.45, 7) is 3.19. The molecule has 1 aliphatic rings. The van der Waals surface area contributed by atoms with E-state index in [-0.39, 0.29) is 18.5 Å². The lowest BCUT2D eigenvalue weighted by molar-refractivity contribution is -0.135. The number of aryl methyl sites for hydroxylation is 1. The molecule has 1 heterocycles. The van der Waals surface area contributed by atoms with Crippen molar-refractivity contribution in [3.8, 4) is 0 Å². The normalized spacial score (nSPS) is 15.8. The first-order valence-corrected chi connectivity index (χ1v) is 12.3. The number of anilines is 1. The van der Waals surface area contributed by atoms with Gasteiger partial charge in [0.1, 0.15) is 11.8 Å². The number of benzene rings is 2. The van der Waals surface area contributed by atoms with E-state index < -0.39 is 12.0 Å². The fourth-order valence-corrected chi connectivity index (χ4v) is 3.86. The summed E-state index contributed by atoms with van der Waals surface area (Å²) in [6.07, 6.45) is 2.46. The van der Waals surface area contributed by atoms with Crippen molar-refractivity contribution in [3.63, 3.8) is 0 Å². The molecule has 2 aromatic rings. The molecular formula is C27H35N5O4. The van der Waals surface area contributed by atoms with Gasteiger partial charge in [-0.2, -0.15) is 5.10 Å². The van der Waals surface area contributed by atoms with Crippen LogP contribution in [-0.4, -0.2) is 66.7 Å².